The molecule has 0 radical (unpaired) electrons. The Bertz CT molecular complexity index is 13.2. The van der Waals surface area contributed by atoms with E-state index in [1.54, 1.807) is 0 Å². The summed E-state index contributed by atoms with van der Waals surface area (Å²) in [7, 11) is 1.00. The van der Waals surface area contributed by atoms with Crippen LogP contribution >= 0.6 is 0 Å². The van der Waals surface area contributed by atoms with Gasteiger partial charge in [0.1, 0.15) is 0 Å². The fourth-order valence-corrected chi connectivity index (χ4v) is 0. The van der Waals surface area contributed by atoms with Gasteiger partial charge in [-0.3, -0.25) is 0 Å². The molecule has 0 aromatic carbocycles. The van der Waals surface area contributed by atoms with Gasteiger partial charge in [-0.1, -0.05) is 0 Å². The third kappa shape index (κ3) is 51.1. The van der Waals surface area contributed by atoms with Gasteiger partial charge >= 0.3 is 51.4 Å². The summed E-state index contributed by atoms with van der Waals surface area (Å²) in [6.45, 7) is -0.250. The Balaban J connectivity index is -0.0000000183. The van der Waals surface area contributed by atoms with Crippen LogP contribution in [0.3, 0.4) is 0 Å². The molecule has 0 bridgehead atoms. The first kappa shape index (κ1) is 22.7. The molecule has 0 amide bonds. The molecule has 0 rings (SSSR count). The summed E-state index contributed by atoms with van der Waals surface area (Å²) in [5.74, 6) is 0. The van der Waals surface area contributed by atoms with Crippen molar-refractivity contribution in [2.45, 2.75) is 0 Å². The van der Waals surface area contributed by atoms with E-state index in [0.717, 1.165) is 7.11 Å². The average molecular weight is 150 g/mol. The van der Waals surface area contributed by atoms with E-state index in [-0.39, 0.29) is 70.1 Å². The van der Waals surface area contributed by atoms with Gasteiger partial charge in [-0.2, -0.15) is 0 Å². The first-order chi connectivity index (χ1) is 2.91. The molecule has 0 aliphatic rings. The minimum atomic E-state index is -0.125. The molecule has 0 fully saturated rings. The van der Waals surface area contributed by atoms with Gasteiger partial charge in [0.15, 0.2) is 0 Å². The molecular formula is C3H11KO4. The van der Waals surface area contributed by atoms with E-state index in [0.29, 0.717) is 0 Å². The quantitative estimate of drug-likeness (QED) is 0.328. The summed E-state index contributed by atoms with van der Waals surface area (Å²) in [4.78, 5) is 0. The van der Waals surface area contributed by atoms with E-state index in [9.17, 15) is 0 Å². The summed E-state index contributed by atoms with van der Waals surface area (Å²) in [5.41, 5.74) is 0. The monoisotopic (exact) mass is 150 g/mol. The molecule has 0 aromatic rings. The maximum Gasteiger partial charge on any atom is 1.00 e. The zero-order chi connectivity index (χ0) is 5.41. The number of hydrogen-bond acceptors (Lipinski definition) is 4. The van der Waals surface area contributed by atoms with Gasteiger partial charge in [-0.25, -0.2) is 0 Å². The zero-order valence-electron chi connectivity index (χ0n) is 5.20. The van der Waals surface area contributed by atoms with Gasteiger partial charge in [0.2, 0.25) is 0 Å². The van der Waals surface area contributed by atoms with Crippen molar-refractivity contribution in [3.05, 3.63) is 0 Å². The number of hydrogen-bond donors (Lipinski definition) is 3. The van der Waals surface area contributed by atoms with Gasteiger partial charge in [0, 0.05) is 7.11 Å². The van der Waals surface area contributed by atoms with E-state index in [4.69, 9.17) is 15.3 Å². The van der Waals surface area contributed by atoms with Crippen LogP contribution in [0.15, 0.2) is 0 Å². The Morgan fingerprint density at radius 1 is 1.00 bits per heavy atom. The van der Waals surface area contributed by atoms with Crippen LogP contribution in [0.25, 0.3) is 0 Å². The van der Waals surface area contributed by atoms with Gasteiger partial charge in [-0.15, -0.1) is 0 Å². The van der Waals surface area contributed by atoms with Gasteiger partial charge < -0.3 is 20.8 Å². The van der Waals surface area contributed by atoms with Crippen LogP contribution < -0.4 is 51.4 Å². The molecule has 0 heterocycles. The van der Waals surface area contributed by atoms with Crippen LogP contribution in [-0.4, -0.2) is 41.1 Å². The summed E-state index contributed by atoms with van der Waals surface area (Å²) in [5, 5.41) is 22.2. The molecule has 0 unspecified atom stereocenters. The third-order valence-corrected chi connectivity index (χ3v) is 0.1000. The molecule has 0 spiro atoms. The topological polar surface area (TPSA) is 90.7 Å². The van der Waals surface area contributed by atoms with Crippen molar-refractivity contribution in [2.75, 3.05) is 20.3 Å². The molecule has 8 heavy (non-hydrogen) atoms. The largest absolute Gasteiger partial charge is 1.00 e. The summed E-state index contributed by atoms with van der Waals surface area (Å²) in [6, 6.07) is 0. The standard InChI is InChI=1S/C2H6O2.CH4O.K.H2O/c3-1-2-4;1-2;;/h3-4H,1-2H2;2H,1H3;;1H2/q;;+1;/p-1. The minimum absolute atomic E-state index is 0. The second-order valence-electron chi connectivity index (χ2n) is 0.447. The summed E-state index contributed by atoms with van der Waals surface area (Å²) in [6.07, 6.45) is 0. The second kappa shape index (κ2) is 39.2. The van der Waals surface area contributed by atoms with E-state index < -0.39 is 0 Å². The van der Waals surface area contributed by atoms with Crippen molar-refractivity contribution >= 4 is 0 Å². The zero-order valence-corrected chi connectivity index (χ0v) is 8.33. The normalized spacial score (nSPS) is 4.50. The Kier molecular flexibility index (Phi) is 111. The van der Waals surface area contributed by atoms with Crippen LogP contribution in [0.2, 0.25) is 0 Å². The van der Waals surface area contributed by atoms with Crippen LogP contribution in [0.1, 0.15) is 0 Å². The first-order valence-electron chi connectivity index (χ1n) is 1.58. The van der Waals surface area contributed by atoms with Crippen molar-refractivity contribution in [2.24, 2.45) is 0 Å². The van der Waals surface area contributed by atoms with Crippen LogP contribution in [0, 0.1) is 0 Å². The van der Waals surface area contributed by atoms with Crippen molar-refractivity contribution in [3.63, 3.8) is 0 Å². The van der Waals surface area contributed by atoms with Crippen molar-refractivity contribution in [3.8, 4) is 0 Å². The number of rotatable bonds is 1. The van der Waals surface area contributed by atoms with E-state index >= 15 is 0 Å². The van der Waals surface area contributed by atoms with Crippen LogP contribution in [-0.2, 0) is 0 Å². The first-order valence-corrected chi connectivity index (χ1v) is 1.58. The van der Waals surface area contributed by atoms with Gasteiger partial charge in [-0.05, 0) is 0 Å². The molecule has 0 atom stereocenters. The predicted octanol–water partition coefficient (Wildman–Crippen LogP) is -4.59. The average Bonchev–Trinajstić information content (AvgIpc) is 1.72. The number of aliphatic hydroxyl groups excluding tert-OH is 3. The van der Waals surface area contributed by atoms with Crippen molar-refractivity contribution in [1.29, 1.82) is 0 Å². The minimum Gasteiger partial charge on any atom is -0.870 e. The Morgan fingerprint density at radius 3 is 1.12 bits per heavy atom. The fraction of sp³-hybridized carbons (Fsp3) is 1.00. The molecular weight excluding hydrogens is 139 g/mol. The molecule has 0 saturated carbocycles. The molecule has 0 aliphatic heterocycles. The molecule has 4 N–H and O–H groups in total. The SMILES string of the molecule is CO.OCCO.[K+].[OH-]. The maximum absolute atomic E-state index is 7.62. The summed E-state index contributed by atoms with van der Waals surface area (Å²) < 4.78 is 0. The van der Waals surface area contributed by atoms with E-state index in [1.165, 1.54) is 0 Å². The molecule has 4 nitrogen and oxygen atoms in total. The molecule has 5 heteroatoms. The van der Waals surface area contributed by atoms with Crippen LogP contribution in [0.5, 0.6) is 0 Å². The summed E-state index contributed by atoms with van der Waals surface area (Å²) >= 11 is 0. The van der Waals surface area contributed by atoms with Crippen LogP contribution in [0.4, 0.5) is 0 Å². The Morgan fingerprint density at radius 2 is 1.12 bits per heavy atom. The number of aliphatic hydroxyl groups is 3. The molecule has 0 saturated heterocycles. The van der Waals surface area contributed by atoms with Crippen molar-refractivity contribution < 1.29 is 72.2 Å². The van der Waals surface area contributed by atoms with E-state index in [2.05, 4.69) is 0 Å². The second-order valence-corrected chi connectivity index (χ2v) is 0.447. The Labute approximate surface area is 91.3 Å². The van der Waals surface area contributed by atoms with Crippen molar-refractivity contribution in [1.82, 2.24) is 0 Å². The van der Waals surface area contributed by atoms with E-state index in [1.807, 2.05) is 0 Å². The Hall–Kier alpha value is 1.48. The fourth-order valence-electron chi connectivity index (χ4n) is 0. The smallest absolute Gasteiger partial charge is 0.870 e. The molecule has 48 valence electrons. The predicted molar refractivity (Wildman–Crippen MR) is 24.3 cm³/mol. The molecule has 0 aliphatic carbocycles. The van der Waals surface area contributed by atoms with Gasteiger partial charge in [0.25, 0.3) is 0 Å². The third-order valence-electron chi connectivity index (χ3n) is 0.1000. The van der Waals surface area contributed by atoms with Gasteiger partial charge in [0.05, 0.1) is 13.2 Å². The maximum atomic E-state index is 7.62. The molecule has 0 aromatic heterocycles.